The molecule has 0 bridgehead atoms. The number of amides is 1. The molecule has 4 nitrogen and oxygen atoms in total. The highest BCUT2D eigenvalue weighted by molar-refractivity contribution is 9.10. The Kier molecular flexibility index (Phi) is 5.77. The second-order valence-corrected chi connectivity index (χ2v) is 6.36. The number of likely N-dealkylation sites (tertiary alicyclic amines) is 1. The summed E-state index contributed by atoms with van der Waals surface area (Å²) in [6.45, 7) is 4.51. The van der Waals surface area contributed by atoms with Gasteiger partial charge in [-0.1, -0.05) is 15.9 Å². The summed E-state index contributed by atoms with van der Waals surface area (Å²) in [7, 11) is 0. The molecule has 1 amide bonds. The van der Waals surface area contributed by atoms with Crippen LogP contribution in [0.3, 0.4) is 0 Å². The quantitative estimate of drug-likeness (QED) is 0.906. The molecule has 1 aromatic rings. The smallest absolute Gasteiger partial charge is 0.228 e. The van der Waals surface area contributed by atoms with Crippen LogP contribution in [0.2, 0.25) is 0 Å². The van der Waals surface area contributed by atoms with Crippen LogP contribution < -0.4 is 5.32 Å². The third kappa shape index (κ3) is 4.55. The van der Waals surface area contributed by atoms with E-state index in [-0.39, 0.29) is 11.8 Å². The van der Waals surface area contributed by atoms with Gasteiger partial charge in [0.1, 0.15) is 0 Å². The summed E-state index contributed by atoms with van der Waals surface area (Å²) in [5.74, 6) is 0.0970. The summed E-state index contributed by atoms with van der Waals surface area (Å²) in [5, 5.41) is 11.7. The molecule has 1 aliphatic heterocycles. The third-order valence-electron chi connectivity index (χ3n) is 3.84. The van der Waals surface area contributed by atoms with Gasteiger partial charge in [0.15, 0.2) is 0 Å². The molecular weight excluding hydrogens is 330 g/mol. The number of nitrogens with zero attached hydrogens (tertiary/aromatic N) is 2. The van der Waals surface area contributed by atoms with Crippen LogP contribution in [-0.2, 0) is 4.79 Å². The Hall–Kier alpha value is -1.38. The molecule has 112 valence electrons. The molecule has 2 rings (SSSR count). The van der Waals surface area contributed by atoms with Crippen molar-refractivity contribution >= 4 is 27.5 Å². The van der Waals surface area contributed by atoms with E-state index in [1.54, 1.807) is 0 Å². The number of carbonyl (C=O) groups is 1. The van der Waals surface area contributed by atoms with Crippen LogP contribution in [0, 0.1) is 24.2 Å². The summed E-state index contributed by atoms with van der Waals surface area (Å²) < 4.78 is 1.04. The van der Waals surface area contributed by atoms with Gasteiger partial charge in [0, 0.05) is 29.7 Å². The van der Waals surface area contributed by atoms with Gasteiger partial charge in [-0.25, -0.2) is 0 Å². The third-order valence-corrected chi connectivity index (χ3v) is 4.73. The van der Waals surface area contributed by atoms with Gasteiger partial charge >= 0.3 is 0 Å². The second kappa shape index (κ2) is 7.58. The van der Waals surface area contributed by atoms with E-state index in [1.165, 1.54) is 0 Å². The van der Waals surface area contributed by atoms with Crippen molar-refractivity contribution in [2.45, 2.75) is 26.2 Å². The second-order valence-electron chi connectivity index (χ2n) is 5.50. The molecule has 0 aliphatic carbocycles. The number of nitrogens with one attached hydrogen (secondary N) is 1. The average Bonchev–Trinajstić information content (AvgIpc) is 2.49. The van der Waals surface area contributed by atoms with Crippen LogP contribution in [0.4, 0.5) is 5.69 Å². The molecule has 0 saturated carbocycles. The normalized spacial score (nSPS) is 19.0. The SMILES string of the molecule is Cc1cc(NC(=O)C2CCCN(CCC#N)C2)ccc1Br. The Labute approximate surface area is 134 Å². The highest BCUT2D eigenvalue weighted by atomic mass is 79.9. The monoisotopic (exact) mass is 349 g/mol. The zero-order valence-corrected chi connectivity index (χ0v) is 13.8. The summed E-state index contributed by atoms with van der Waals surface area (Å²) in [4.78, 5) is 14.6. The van der Waals surface area contributed by atoms with Crippen molar-refractivity contribution in [1.82, 2.24) is 4.90 Å². The maximum absolute atomic E-state index is 12.4. The number of halogens is 1. The first kappa shape index (κ1) is 16.0. The lowest BCUT2D eigenvalue weighted by Gasteiger charge is -2.31. The van der Waals surface area contributed by atoms with E-state index in [2.05, 4.69) is 32.2 Å². The average molecular weight is 350 g/mol. The lowest BCUT2D eigenvalue weighted by molar-refractivity contribution is -0.121. The van der Waals surface area contributed by atoms with Gasteiger partial charge in [0.25, 0.3) is 0 Å². The fraction of sp³-hybridized carbons (Fsp3) is 0.500. The molecule has 1 N–H and O–H groups in total. The molecule has 21 heavy (non-hydrogen) atoms. The number of rotatable bonds is 4. The maximum Gasteiger partial charge on any atom is 0.228 e. The summed E-state index contributed by atoms with van der Waals surface area (Å²) in [5.41, 5.74) is 1.95. The van der Waals surface area contributed by atoms with E-state index in [0.29, 0.717) is 6.42 Å². The molecule has 1 fully saturated rings. The van der Waals surface area contributed by atoms with Crippen molar-refractivity contribution in [1.29, 1.82) is 5.26 Å². The number of aryl methyl sites for hydroxylation is 1. The van der Waals surface area contributed by atoms with Gasteiger partial charge in [-0.05, 0) is 50.1 Å². The first-order valence-electron chi connectivity index (χ1n) is 7.26. The predicted octanol–water partition coefficient (Wildman–Crippen LogP) is 3.32. The molecule has 1 unspecified atom stereocenters. The highest BCUT2D eigenvalue weighted by Crippen LogP contribution is 2.22. The van der Waals surface area contributed by atoms with Crippen molar-refractivity contribution in [3.05, 3.63) is 28.2 Å². The molecule has 0 spiro atoms. The van der Waals surface area contributed by atoms with E-state index in [9.17, 15) is 4.79 Å². The van der Waals surface area contributed by atoms with Crippen LogP contribution in [0.15, 0.2) is 22.7 Å². The number of piperidine rings is 1. The molecule has 1 aromatic carbocycles. The maximum atomic E-state index is 12.4. The largest absolute Gasteiger partial charge is 0.326 e. The van der Waals surface area contributed by atoms with Gasteiger partial charge in [-0.15, -0.1) is 0 Å². The van der Waals surface area contributed by atoms with Crippen LogP contribution in [0.5, 0.6) is 0 Å². The number of nitriles is 1. The van der Waals surface area contributed by atoms with Crippen molar-refractivity contribution in [3.63, 3.8) is 0 Å². The van der Waals surface area contributed by atoms with Crippen LogP contribution >= 0.6 is 15.9 Å². The Bertz CT molecular complexity index is 553. The topological polar surface area (TPSA) is 56.1 Å². The molecule has 0 aromatic heterocycles. The molecule has 1 heterocycles. The van der Waals surface area contributed by atoms with Crippen molar-refractivity contribution in [2.24, 2.45) is 5.92 Å². The Morgan fingerprint density at radius 1 is 1.57 bits per heavy atom. The molecule has 1 atom stereocenters. The van der Waals surface area contributed by atoms with Crippen LogP contribution in [-0.4, -0.2) is 30.4 Å². The predicted molar refractivity (Wildman–Crippen MR) is 86.9 cm³/mol. The van der Waals surface area contributed by atoms with E-state index < -0.39 is 0 Å². The number of hydrogen-bond acceptors (Lipinski definition) is 3. The lowest BCUT2D eigenvalue weighted by Crippen LogP contribution is -2.41. The number of carbonyl (C=O) groups excluding carboxylic acids is 1. The molecular formula is C16H20BrN3O. The van der Waals surface area contributed by atoms with Crippen molar-refractivity contribution < 1.29 is 4.79 Å². The minimum Gasteiger partial charge on any atom is -0.326 e. The molecule has 1 aliphatic rings. The van der Waals surface area contributed by atoms with Gasteiger partial charge in [0.2, 0.25) is 5.91 Å². The Morgan fingerprint density at radius 3 is 3.10 bits per heavy atom. The fourth-order valence-electron chi connectivity index (χ4n) is 2.65. The highest BCUT2D eigenvalue weighted by Gasteiger charge is 2.25. The number of anilines is 1. The summed E-state index contributed by atoms with van der Waals surface area (Å²) in [6, 6.07) is 7.99. The summed E-state index contributed by atoms with van der Waals surface area (Å²) in [6.07, 6.45) is 2.47. The first-order chi connectivity index (χ1) is 10.1. The van der Waals surface area contributed by atoms with E-state index in [4.69, 9.17) is 5.26 Å². The zero-order valence-electron chi connectivity index (χ0n) is 12.2. The van der Waals surface area contributed by atoms with Gasteiger partial charge in [0.05, 0.1) is 12.0 Å². The zero-order chi connectivity index (χ0) is 15.2. The fourth-order valence-corrected chi connectivity index (χ4v) is 2.89. The standard InChI is InChI=1S/C16H20BrN3O/c1-12-10-14(5-6-15(12)17)19-16(21)13-4-2-8-20(11-13)9-3-7-18/h5-6,10,13H,2-4,8-9,11H2,1H3,(H,19,21). The van der Waals surface area contributed by atoms with E-state index in [0.717, 1.165) is 48.2 Å². The molecule has 0 radical (unpaired) electrons. The van der Waals surface area contributed by atoms with Gasteiger partial charge < -0.3 is 10.2 Å². The molecule has 5 heteroatoms. The van der Waals surface area contributed by atoms with E-state index >= 15 is 0 Å². The van der Waals surface area contributed by atoms with Gasteiger partial charge in [-0.3, -0.25) is 4.79 Å². The minimum atomic E-state index is 0.0152. The Morgan fingerprint density at radius 2 is 2.38 bits per heavy atom. The number of benzene rings is 1. The van der Waals surface area contributed by atoms with E-state index in [1.807, 2.05) is 25.1 Å². The van der Waals surface area contributed by atoms with Gasteiger partial charge in [-0.2, -0.15) is 5.26 Å². The minimum absolute atomic E-state index is 0.0152. The first-order valence-corrected chi connectivity index (χ1v) is 8.06. The lowest BCUT2D eigenvalue weighted by atomic mass is 9.97. The van der Waals surface area contributed by atoms with Crippen molar-refractivity contribution in [2.75, 3.05) is 25.0 Å². The molecule has 1 saturated heterocycles. The Balaban J connectivity index is 1.93. The van der Waals surface area contributed by atoms with Crippen LogP contribution in [0.25, 0.3) is 0 Å². The van der Waals surface area contributed by atoms with Crippen molar-refractivity contribution in [3.8, 4) is 6.07 Å². The number of hydrogen-bond donors (Lipinski definition) is 1. The van der Waals surface area contributed by atoms with Crippen LogP contribution in [0.1, 0.15) is 24.8 Å². The summed E-state index contributed by atoms with van der Waals surface area (Å²) >= 11 is 3.46.